The maximum absolute atomic E-state index is 11.8. The van der Waals surface area contributed by atoms with Gasteiger partial charge in [-0.15, -0.1) is 0 Å². The van der Waals surface area contributed by atoms with E-state index in [0.717, 1.165) is 10.9 Å². The first-order valence-electron chi connectivity index (χ1n) is 3.16. The van der Waals surface area contributed by atoms with Gasteiger partial charge in [-0.25, -0.2) is 8.78 Å². The van der Waals surface area contributed by atoms with Crippen LogP contribution >= 0.6 is 22.6 Å². The molecule has 1 aromatic rings. The van der Waals surface area contributed by atoms with E-state index in [-0.39, 0.29) is 9.39 Å². The Hall–Kier alpha value is -0.800. The Balaban J connectivity index is 2.89. The van der Waals surface area contributed by atoms with Crippen molar-refractivity contribution in [3.8, 4) is 0 Å². The van der Waals surface area contributed by atoms with E-state index in [1.165, 1.54) is 0 Å². The highest BCUT2D eigenvalue weighted by Gasteiger charge is 2.18. The summed E-state index contributed by atoms with van der Waals surface area (Å²) < 4.78 is 24.6. The lowest BCUT2D eigenvalue weighted by Gasteiger charge is -1.96. The summed E-state index contributed by atoms with van der Waals surface area (Å²) in [5.74, 6) is 0. The van der Waals surface area contributed by atoms with Crippen LogP contribution in [-0.2, 0) is 6.54 Å². The maximum Gasteiger partial charge on any atom is 0.320 e. The predicted octanol–water partition coefficient (Wildman–Crippen LogP) is 1.66. The summed E-state index contributed by atoms with van der Waals surface area (Å²) in [6, 6.07) is 0. The number of hydrogen-bond donors (Lipinski definition) is 0. The smallest absolute Gasteiger partial charge is 0.259 e. The number of nitrogens with zero attached hydrogens (tertiary/aromatic N) is 3. The van der Waals surface area contributed by atoms with E-state index in [4.69, 9.17) is 0 Å². The van der Waals surface area contributed by atoms with Gasteiger partial charge in [0.25, 0.3) is 6.43 Å². The lowest BCUT2D eigenvalue weighted by molar-refractivity contribution is -0.385. The summed E-state index contributed by atoms with van der Waals surface area (Å²) in [5.41, 5.74) is -0.249. The third-order valence-electron chi connectivity index (χ3n) is 1.22. The van der Waals surface area contributed by atoms with E-state index in [1.807, 2.05) is 0 Å². The lowest BCUT2D eigenvalue weighted by atomic mass is 10.6. The highest BCUT2D eigenvalue weighted by atomic mass is 127. The van der Waals surface area contributed by atoms with Crippen molar-refractivity contribution in [2.75, 3.05) is 0 Å². The summed E-state index contributed by atoms with van der Waals surface area (Å²) in [6.45, 7) is -0.621. The summed E-state index contributed by atoms with van der Waals surface area (Å²) in [7, 11) is 0. The van der Waals surface area contributed by atoms with E-state index in [1.54, 1.807) is 22.6 Å². The van der Waals surface area contributed by atoms with Gasteiger partial charge in [-0.05, 0) is 22.6 Å². The van der Waals surface area contributed by atoms with Gasteiger partial charge < -0.3 is 0 Å². The molecule has 0 aliphatic rings. The Morgan fingerprint density at radius 3 is 2.77 bits per heavy atom. The third-order valence-corrected chi connectivity index (χ3v) is 1.99. The molecule has 0 radical (unpaired) electrons. The van der Waals surface area contributed by atoms with E-state index in [0.29, 0.717) is 0 Å². The second kappa shape index (κ2) is 3.94. The highest BCUT2D eigenvalue weighted by molar-refractivity contribution is 14.1. The Labute approximate surface area is 85.0 Å². The van der Waals surface area contributed by atoms with Crippen LogP contribution in [-0.4, -0.2) is 21.1 Å². The number of halogens is 3. The van der Waals surface area contributed by atoms with Crippen LogP contribution in [0, 0.1) is 13.8 Å². The number of hydrogen-bond acceptors (Lipinski definition) is 3. The van der Waals surface area contributed by atoms with Crippen molar-refractivity contribution in [1.82, 2.24) is 9.78 Å². The second-order valence-electron chi connectivity index (χ2n) is 2.18. The van der Waals surface area contributed by atoms with Gasteiger partial charge in [0.05, 0.1) is 4.92 Å². The van der Waals surface area contributed by atoms with E-state index in [2.05, 4.69) is 5.10 Å². The van der Waals surface area contributed by atoms with Crippen LogP contribution in [0.3, 0.4) is 0 Å². The molecule has 1 heterocycles. The van der Waals surface area contributed by atoms with Gasteiger partial charge in [-0.2, -0.15) is 5.10 Å². The topological polar surface area (TPSA) is 61.0 Å². The van der Waals surface area contributed by atoms with Gasteiger partial charge in [0.2, 0.25) is 0 Å². The van der Waals surface area contributed by atoms with Crippen LogP contribution in [0.2, 0.25) is 0 Å². The third kappa shape index (κ3) is 2.57. The molecule has 0 spiro atoms. The van der Waals surface area contributed by atoms with Gasteiger partial charge in [-0.3, -0.25) is 14.8 Å². The lowest BCUT2D eigenvalue weighted by Crippen LogP contribution is -2.06. The summed E-state index contributed by atoms with van der Waals surface area (Å²) in [6.07, 6.45) is -1.57. The van der Waals surface area contributed by atoms with Crippen LogP contribution in [0.1, 0.15) is 0 Å². The average molecular weight is 303 g/mol. The van der Waals surface area contributed by atoms with E-state index < -0.39 is 17.9 Å². The molecule has 0 aliphatic heterocycles. The van der Waals surface area contributed by atoms with Crippen LogP contribution in [0.5, 0.6) is 0 Å². The molecule has 0 N–H and O–H groups in total. The fourth-order valence-corrected chi connectivity index (χ4v) is 1.36. The van der Waals surface area contributed by atoms with Crippen LogP contribution < -0.4 is 0 Å². The van der Waals surface area contributed by atoms with Crippen molar-refractivity contribution in [3.05, 3.63) is 20.0 Å². The molecule has 0 amide bonds. The number of nitro groups is 1. The molecule has 0 aromatic carbocycles. The number of aromatic nitrogens is 2. The van der Waals surface area contributed by atoms with Crippen LogP contribution in [0.25, 0.3) is 0 Å². The largest absolute Gasteiger partial charge is 0.320 e. The molecule has 5 nitrogen and oxygen atoms in total. The first kappa shape index (κ1) is 10.3. The van der Waals surface area contributed by atoms with Crippen molar-refractivity contribution in [1.29, 1.82) is 0 Å². The average Bonchev–Trinajstić information content (AvgIpc) is 2.29. The Kier molecular flexibility index (Phi) is 3.12. The van der Waals surface area contributed by atoms with Gasteiger partial charge in [0.1, 0.15) is 12.7 Å². The van der Waals surface area contributed by atoms with Crippen molar-refractivity contribution in [3.63, 3.8) is 0 Å². The van der Waals surface area contributed by atoms with Gasteiger partial charge in [0, 0.05) is 0 Å². The molecule has 1 rings (SSSR count). The fourth-order valence-electron chi connectivity index (χ4n) is 0.745. The second-order valence-corrected chi connectivity index (χ2v) is 3.20. The summed E-state index contributed by atoms with van der Waals surface area (Å²) in [4.78, 5) is 9.62. The number of rotatable bonds is 3. The fraction of sp³-hybridized carbons (Fsp3) is 0.400. The molecule has 8 heteroatoms. The first-order chi connectivity index (χ1) is 6.00. The van der Waals surface area contributed by atoms with Gasteiger partial charge >= 0.3 is 5.69 Å². The van der Waals surface area contributed by atoms with Crippen molar-refractivity contribution in [2.45, 2.75) is 13.0 Å². The normalized spacial score (nSPS) is 10.8. The minimum atomic E-state index is -2.56. The van der Waals surface area contributed by atoms with Gasteiger partial charge in [0.15, 0.2) is 3.70 Å². The van der Waals surface area contributed by atoms with E-state index in [9.17, 15) is 18.9 Å². The zero-order valence-corrected chi connectivity index (χ0v) is 8.31. The molecule has 72 valence electrons. The molecule has 0 saturated heterocycles. The van der Waals surface area contributed by atoms with Crippen molar-refractivity contribution < 1.29 is 13.7 Å². The molecule has 1 aromatic heterocycles. The Bertz CT molecular complexity index is 328. The zero-order chi connectivity index (χ0) is 10.0. The van der Waals surface area contributed by atoms with E-state index >= 15 is 0 Å². The number of alkyl halides is 2. The minimum absolute atomic E-state index is 0.114. The molecule has 0 bridgehead atoms. The molecule has 0 unspecified atom stereocenters. The molecular formula is C5H4F2IN3O2. The molecule has 0 atom stereocenters. The predicted molar refractivity (Wildman–Crippen MR) is 47.6 cm³/mol. The summed E-state index contributed by atoms with van der Waals surface area (Å²) >= 11 is 1.62. The highest BCUT2D eigenvalue weighted by Crippen LogP contribution is 2.18. The SMILES string of the molecule is O=[N+]([O-])c1cn(CC(F)F)nc1I. The molecule has 0 fully saturated rings. The standard InChI is InChI=1S/C5H4F2IN3O2/c6-4(7)2-10-1-3(11(12)13)5(8)9-10/h1,4H,2H2. The molecule has 0 aliphatic carbocycles. The first-order valence-corrected chi connectivity index (χ1v) is 4.24. The molecule has 0 saturated carbocycles. The van der Waals surface area contributed by atoms with Crippen molar-refractivity contribution in [2.24, 2.45) is 0 Å². The zero-order valence-electron chi connectivity index (χ0n) is 6.15. The Morgan fingerprint density at radius 1 is 1.77 bits per heavy atom. The Morgan fingerprint density at radius 2 is 2.38 bits per heavy atom. The monoisotopic (exact) mass is 303 g/mol. The van der Waals surface area contributed by atoms with Crippen molar-refractivity contribution >= 4 is 28.3 Å². The van der Waals surface area contributed by atoms with Crippen LogP contribution in [0.15, 0.2) is 6.20 Å². The molecular weight excluding hydrogens is 299 g/mol. The quantitative estimate of drug-likeness (QED) is 0.485. The minimum Gasteiger partial charge on any atom is -0.259 e. The van der Waals surface area contributed by atoms with Crippen LogP contribution in [0.4, 0.5) is 14.5 Å². The molecule has 13 heavy (non-hydrogen) atoms. The summed E-state index contributed by atoms with van der Waals surface area (Å²) in [5, 5.41) is 13.8. The maximum atomic E-state index is 11.8. The van der Waals surface area contributed by atoms with Gasteiger partial charge in [-0.1, -0.05) is 0 Å².